The molecule has 0 aliphatic carbocycles. The fourth-order valence-electron chi connectivity index (χ4n) is 3.03. The fraction of sp³-hybridized carbons (Fsp3) is 0.933. The molecular weight excluding hydrogens is 354 g/mol. The maximum atomic E-state index is 12.5. The van der Waals surface area contributed by atoms with E-state index in [4.69, 9.17) is 4.74 Å². The highest BCUT2D eigenvalue weighted by Gasteiger charge is 2.31. The molecule has 0 aromatic rings. The van der Waals surface area contributed by atoms with E-state index < -0.39 is 10.0 Å². The van der Waals surface area contributed by atoms with Gasteiger partial charge in [0.1, 0.15) is 0 Å². The van der Waals surface area contributed by atoms with Crippen LogP contribution in [0, 0.1) is 5.92 Å². The molecule has 0 atom stereocenters. The SMILES string of the molecule is CC(C)OCCS(=O)(=O)N1CCN(C(=O)C2CCNCC2)CC1.Cl. The quantitative estimate of drug-likeness (QED) is 0.714. The number of piperazine rings is 1. The number of nitrogens with one attached hydrogen (secondary N) is 1. The number of carbonyl (C=O) groups is 1. The highest BCUT2D eigenvalue weighted by atomic mass is 35.5. The van der Waals surface area contributed by atoms with Crippen LogP contribution in [0.15, 0.2) is 0 Å². The Morgan fingerprint density at radius 1 is 1.17 bits per heavy atom. The maximum Gasteiger partial charge on any atom is 0.225 e. The van der Waals surface area contributed by atoms with Gasteiger partial charge in [0.15, 0.2) is 0 Å². The standard InChI is InChI=1S/C15H29N3O4S.ClH/c1-13(2)22-11-12-23(20,21)18-9-7-17(8-10-18)15(19)14-3-5-16-6-4-14;/h13-14,16H,3-12H2,1-2H3;1H. The number of hydrogen-bond donors (Lipinski definition) is 1. The van der Waals surface area contributed by atoms with Crippen molar-refractivity contribution >= 4 is 28.3 Å². The number of halogens is 1. The van der Waals surface area contributed by atoms with Crippen LogP contribution in [0.2, 0.25) is 0 Å². The van der Waals surface area contributed by atoms with Gasteiger partial charge in [0.25, 0.3) is 0 Å². The van der Waals surface area contributed by atoms with Crippen LogP contribution in [0.25, 0.3) is 0 Å². The lowest BCUT2D eigenvalue weighted by Crippen LogP contribution is -2.53. The number of nitrogens with zero attached hydrogens (tertiary/aromatic N) is 2. The van der Waals surface area contributed by atoms with Crippen molar-refractivity contribution in [1.29, 1.82) is 0 Å². The van der Waals surface area contributed by atoms with Crippen LogP contribution in [-0.2, 0) is 19.6 Å². The summed E-state index contributed by atoms with van der Waals surface area (Å²) in [4.78, 5) is 14.3. The molecule has 9 heteroatoms. The molecule has 0 aromatic carbocycles. The van der Waals surface area contributed by atoms with Gasteiger partial charge in [-0.15, -0.1) is 12.4 Å². The monoisotopic (exact) mass is 383 g/mol. The van der Waals surface area contributed by atoms with Crippen LogP contribution >= 0.6 is 12.4 Å². The zero-order valence-electron chi connectivity index (χ0n) is 14.6. The van der Waals surface area contributed by atoms with E-state index in [1.54, 1.807) is 0 Å². The second-order valence-corrected chi connectivity index (χ2v) is 8.57. The van der Waals surface area contributed by atoms with Crippen molar-refractivity contribution < 1.29 is 17.9 Å². The largest absolute Gasteiger partial charge is 0.378 e. The smallest absolute Gasteiger partial charge is 0.225 e. The average molecular weight is 384 g/mol. The van der Waals surface area contributed by atoms with E-state index >= 15 is 0 Å². The summed E-state index contributed by atoms with van der Waals surface area (Å²) in [5.41, 5.74) is 0. The number of sulfonamides is 1. The molecule has 24 heavy (non-hydrogen) atoms. The Balaban J connectivity index is 0.00000288. The first kappa shape index (κ1) is 21.6. The number of ether oxygens (including phenoxy) is 1. The topological polar surface area (TPSA) is 79.0 Å². The van der Waals surface area contributed by atoms with Crippen molar-refractivity contribution in [3.05, 3.63) is 0 Å². The molecule has 7 nitrogen and oxygen atoms in total. The first-order valence-corrected chi connectivity index (χ1v) is 10.1. The predicted octanol–water partition coefficient (Wildman–Crippen LogP) is 0.307. The van der Waals surface area contributed by atoms with E-state index in [0.717, 1.165) is 25.9 Å². The summed E-state index contributed by atoms with van der Waals surface area (Å²) in [6, 6.07) is 0. The summed E-state index contributed by atoms with van der Waals surface area (Å²) < 4.78 is 31.4. The van der Waals surface area contributed by atoms with E-state index in [2.05, 4.69) is 5.32 Å². The summed E-state index contributed by atoms with van der Waals surface area (Å²) in [5, 5.41) is 3.26. The van der Waals surface area contributed by atoms with E-state index in [9.17, 15) is 13.2 Å². The second kappa shape index (κ2) is 9.91. The average Bonchev–Trinajstić information content (AvgIpc) is 2.54. The Morgan fingerprint density at radius 2 is 1.75 bits per heavy atom. The molecule has 142 valence electrons. The number of carbonyl (C=O) groups excluding carboxylic acids is 1. The van der Waals surface area contributed by atoms with Crippen molar-refractivity contribution in [2.75, 3.05) is 51.6 Å². The Bertz CT molecular complexity index is 487. The molecule has 2 fully saturated rings. The normalized spacial score (nSPS) is 20.9. The molecule has 0 radical (unpaired) electrons. The van der Waals surface area contributed by atoms with Gasteiger partial charge < -0.3 is 15.0 Å². The van der Waals surface area contributed by atoms with Gasteiger partial charge in [-0.2, -0.15) is 4.31 Å². The molecule has 2 rings (SSSR count). The molecule has 0 spiro atoms. The van der Waals surface area contributed by atoms with Gasteiger partial charge >= 0.3 is 0 Å². The molecular formula is C15H30ClN3O4S. The third-order valence-electron chi connectivity index (χ3n) is 4.42. The third kappa shape index (κ3) is 6.15. The zero-order chi connectivity index (χ0) is 16.9. The Morgan fingerprint density at radius 3 is 2.29 bits per heavy atom. The van der Waals surface area contributed by atoms with Crippen LogP contribution in [0.5, 0.6) is 0 Å². The molecule has 0 saturated carbocycles. The van der Waals surface area contributed by atoms with Gasteiger partial charge in [0, 0.05) is 32.1 Å². The van der Waals surface area contributed by atoms with Crippen LogP contribution in [0.3, 0.4) is 0 Å². The van der Waals surface area contributed by atoms with E-state index in [0.29, 0.717) is 26.2 Å². The highest BCUT2D eigenvalue weighted by Crippen LogP contribution is 2.17. The molecule has 0 bridgehead atoms. The summed E-state index contributed by atoms with van der Waals surface area (Å²) in [6.45, 7) is 7.53. The lowest BCUT2D eigenvalue weighted by Gasteiger charge is -2.36. The van der Waals surface area contributed by atoms with Gasteiger partial charge in [-0.25, -0.2) is 8.42 Å². The number of hydrogen-bond acceptors (Lipinski definition) is 5. The van der Waals surface area contributed by atoms with Crippen molar-refractivity contribution in [1.82, 2.24) is 14.5 Å². The lowest BCUT2D eigenvalue weighted by molar-refractivity contribution is -0.137. The van der Waals surface area contributed by atoms with Gasteiger partial charge in [0.05, 0.1) is 18.5 Å². The summed E-state index contributed by atoms with van der Waals surface area (Å²) >= 11 is 0. The van der Waals surface area contributed by atoms with Crippen molar-refractivity contribution in [2.45, 2.75) is 32.8 Å². The first-order chi connectivity index (χ1) is 10.9. The Hall–Kier alpha value is -0.410. The summed E-state index contributed by atoms with van der Waals surface area (Å²) in [6.07, 6.45) is 1.79. The number of rotatable bonds is 6. The maximum absolute atomic E-state index is 12.5. The summed E-state index contributed by atoms with van der Waals surface area (Å²) in [5.74, 6) is 0.290. The highest BCUT2D eigenvalue weighted by molar-refractivity contribution is 7.89. The van der Waals surface area contributed by atoms with Crippen molar-refractivity contribution in [3.63, 3.8) is 0 Å². The fourth-order valence-corrected chi connectivity index (χ4v) is 4.32. The van der Waals surface area contributed by atoms with Gasteiger partial charge in [-0.05, 0) is 39.8 Å². The van der Waals surface area contributed by atoms with Gasteiger partial charge in [-0.1, -0.05) is 0 Å². The molecule has 2 aliphatic heterocycles. The van der Waals surface area contributed by atoms with Crippen LogP contribution in [0.4, 0.5) is 0 Å². The van der Waals surface area contributed by atoms with Crippen LogP contribution < -0.4 is 5.32 Å². The molecule has 2 aliphatic rings. The van der Waals surface area contributed by atoms with Crippen LogP contribution in [-0.4, -0.2) is 81.3 Å². The molecule has 1 N–H and O–H groups in total. The van der Waals surface area contributed by atoms with Gasteiger partial charge in [-0.3, -0.25) is 4.79 Å². The second-order valence-electron chi connectivity index (χ2n) is 6.48. The van der Waals surface area contributed by atoms with Crippen molar-refractivity contribution in [3.8, 4) is 0 Å². The minimum Gasteiger partial charge on any atom is -0.378 e. The molecule has 2 heterocycles. The third-order valence-corrected chi connectivity index (χ3v) is 6.26. The molecule has 1 amide bonds. The van der Waals surface area contributed by atoms with E-state index in [1.165, 1.54) is 4.31 Å². The molecule has 0 unspecified atom stereocenters. The summed E-state index contributed by atoms with van der Waals surface area (Å²) in [7, 11) is -3.29. The minimum atomic E-state index is -3.29. The molecule has 2 saturated heterocycles. The number of amides is 1. The van der Waals surface area contributed by atoms with Crippen LogP contribution in [0.1, 0.15) is 26.7 Å². The Kier molecular flexibility index (Phi) is 8.94. The minimum absolute atomic E-state index is 0. The lowest BCUT2D eigenvalue weighted by atomic mass is 9.96. The van der Waals surface area contributed by atoms with Gasteiger partial charge in [0.2, 0.25) is 15.9 Å². The van der Waals surface area contributed by atoms with E-state index in [-0.39, 0.29) is 42.7 Å². The zero-order valence-corrected chi connectivity index (χ0v) is 16.2. The first-order valence-electron chi connectivity index (χ1n) is 8.49. The van der Waals surface area contributed by atoms with E-state index in [1.807, 2.05) is 18.7 Å². The predicted molar refractivity (Wildman–Crippen MR) is 95.9 cm³/mol. The number of piperidine rings is 1. The molecule has 0 aromatic heterocycles. The Labute approximate surface area is 151 Å². The van der Waals surface area contributed by atoms with Crippen molar-refractivity contribution in [2.24, 2.45) is 5.92 Å².